The van der Waals surface area contributed by atoms with Gasteiger partial charge in [0.25, 0.3) is 0 Å². The Balaban J connectivity index is 2.26. The SMILES string of the molecule is NCc1cc2cc(-c3ccc(F)cc3)cc(C(F)(F)F)c2o1. The molecule has 3 aromatic rings. The Morgan fingerprint density at radius 2 is 1.64 bits per heavy atom. The van der Waals surface area contributed by atoms with Gasteiger partial charge in [0.1, 0.15) is 17.2 Å². The van der Waals surface area contributed by atoms with Crippen LogP contribution in [0.3, 0.4) is 0 Å². The van der Waals surface area contributed by atoms with Gasteiger partial charge >= 0.3 is 6.18 Å². The van der Waals surface area contributed by atoms with Crippen LogP contribution in [0.15, 0.2) is 46.9 Å². The van der Waals surface area contributed by atoms with Gasteiger partial charge in [-0.05, 0) is 41.5 Å². The predicted octanol–water partition coefficient (Wildman–Crippen LogP) is 4.72. The van der Waals surface area contributed by atoms with E-state index < -0.39 is 17.6 Å². The fourth-order valence-electron chi connectivity index (χ4n) is 2.33. The lowest BCUT2D eigenvalue weighted by atomic mass is 10.0. The highest BCUT2D eigenvalue weighted by atomic mass is 19.4. The third-order valence-corrected chi connectivity index (χ3v) is 3.35. The van der Waals surface area contributed by atoms with Crippen molar-refractivity contribution in [3.63, 3.8) is 0 Å². The normalized spacial score (nSPS) is 12.0. The Morgan fingerprint density at radius 3 is 2.23 bits per heavy atom. The van der Waals surface area contributed by atoms with Crippen molar-refractivity contribution in [1.29, 1.82) is 0 Å². The van der Waals surface area contributed by atoms with E-state index in [1.165, 1.54) is 30.3 Å². The van der Waals surface area contributed by atoms with Crippen LogP contribution in [0.4, 0.5) is 17.6 Å². The summed E-state index contributed by atoms with van der Waals surface area (Å²) in [6.07, 6.45) is -4.56. The van der Waals surface area contributed by atoms with Gasteiger partial charge in [-0.3, -0.25) is 0 Å². The van der Waals surface area contributed by atoms with Gasteiger partial charge in [0, 0.05) is 5.39 Å². The maximum Gasteiger partial charge on any atom is 0.420 e. The van der Waals surface area contributed by atoms with Crippen molar-refractivity contribution in [1.82, 2.24) is 0 Å². The number of rotatable bonds is 2. The molecule has 0 spiro atoms. The minimum absolute atomic E-state index is 0.0118. The zero-order valence-electron chi connectivity index (χ0n) is 11.2. The van der Waals surface area contributed by atoms with Gasteiger partial charge in [-0.2, -0.15) is 13.2 Å². The average Bonchev–Trinajstić information content (AvgIpc) is 2.88. The van der Waals surface area contributed by atoms with Crippen molar-refractivity contribution in [2.45, 2.75) is 12.7 Å². The van der Waals surface area contributed by atoms with E-state index in [9.17, 15) is 17.6 Å². The van der Waals surface area contributed by atoms with Gasteiger partial charge in [-0.25, -0.2) is 4.39 Å². The van der Waals surface area contributed by atoms with Gasteiger partial charge in [0.2, 0.25) is 0 Å². The highest BCUT2D eigenvalue weighted by Crippen LogP contribution is 2.39. The molecular formula is C16H11F4NO. The summed E-state index contributed by atoms with van der Waals surface area (Å²) >= 11 is 0. The number of hydrogen-bond acceptors (Lipinski definition) is 2. The number of halogens is 4. The van der Waals surface area contributed by atoms with Crippen LogP contribution >= 0.6 is 0 Å². The first kappa shape index (κ1) is 14.6. The quantitative estimate of drug-likeness (QED) is 0.696. The van der Waals surface area contributed by atoms with Crippen molar-refractivity contribution >= 4 is 11.0 Å². The molecule has 0 bridgehead atoms. The van der Waals surface area contributed by atoms with Crippen LogP contribution in [-0.2, 0) is 12.7 Å². The van der Waals surface area contributed by atoms with E-state index in [0.717, 1.165) is 6.07 Å². The molecule has 0 radical (unpaired) electrons. The highest BCUT2D eigenvalue weighted by Gasteiger charge is 2.35. The van der Waals surface area contributed by atoms with Crippen LogP contribution in [0.2, 0.25) is 0 Å². The van der Waals surface area contributed by atoms with E-state index in [0.29, 0.717) is 16.5 Å². The Labute approximate surface area is 123 Å². The monoisotopic (exact) mass is 309 g/mol. The molecule has 2 nitrogen and oxygen atoms in total. The molecule has 0 amide bonds. The van der Waals surface area contributed by atoms with Crippen LogP contribution in [0.1, 0.15) is 11.3 Å². The molecule has 0 unspecified atom stereocenters. The molecule has 22 heavy (non-hydrogen) atoms. The highest BCUT2D eigenvalue weighted by molar-refractivity contribution is 5.87. The second kappa shape index (κ2) is 5.14. The summed E-state index contributed by atoms with van der Waals surface area (Å²) in [5.41, 5.74) is 5.14. The van der Waals surface area contributed by atoms with Crippen molar-refractivity contribution in [2.24, 2.45) is 5.73 Å². The molecule has 0 aliphatic rings. The number of alkyl halides is 3. The standard InChI is InChI=1S/C16H11F4NO/c17-12-3-1-9(2-4-12)10-5-11-6-13(8-21)22-15(11)14(7-10)16(18,19)20/h1-7H,8,21H2. The molecule has 0 fully saturated rings. The molecule has 3 rings (SSSR count). The molecule has 0 saturated heterocycles. The Bertz CT molecular complexity index is 819. The molecule has 0 saturated carbocycles. The van der Waals surface area contributed by atoms with Crippen molar-refractivity contribution in [3.05, 3.63) is 59.6 Å². The first-order chi connectivity index (χ1) is 10.4. The smallest absolute Gasteiger partial charge is 0.420 e. The van der Waals surface area contributed by atoms with E-state index in [2.05, 4.69) is 0 Å². The largest absolute Gasteiger partial charge is 0.459 e. The Kier molecular flexibility index (Phi) is 3.41. The summed E-state index contributed by atoms with van der Waals surface area (Å²) in [5.74, 6) is -0.175. The molecule has 0 aliphatic heterocycles. The lowest BCUT2D eigenvalue weighted by Crippen LogP contribution is -2.05. The van der Waals surface area contributed by atoms with Crippen molar-refractivity contribution in [3.8, 4) is 11.1 Å². The van der Waals surface area contributed by atoms with Gasteiger partial charge < -0.3 is 10.2 Å². The molecule has 114 valence electrons. The minimum Gasteiger partial charge on any atom is -0.459 e. The predicted molar refractivity (Wildman–Crippen MR) is 74.5 cm³/mol. The molecule has 6 heteroatoms. The second-order valence-corrected chi connectivity index (χ2v) is 4.86. The summed E-state index contributed by atoms with van der Waals surface area (Å²) in [5, 5.41) is 0.314. The third kappa shape index (κ3) is 2.57. The number of nitrogens with two attached hydrogens (primary N) is 1. The van der Waals surface area contributed by atoms with E-state index in [1.54, 1.807) is 6.07 Å². The lowest BCUT2D eigenvalue weighted by Gasteiger charge is -2.10. The Hall–Kier alpha value is -2.34. The topological polar surface area (TPSA) is 39.2 Å². The van der Waals surface area contributed by atoms with Crippen LogP contribution < -0.4 is 5.73 Å². The first-order valence-corrected chi connectivity index (χ1v) is 6.48. The van der Waals surface area contributed by atoms with Crippen LogP contribution in [-0.4, -0.2) is 0 Å². The number of benzene rings is 2. The number of hydrogen-bond donors (Lipinski definition) is 1. The van der Waals surface area contributed by atoms with Crippen molar-refractivity contribution in [2.75, 3.05) is 0 Å². The summed E-state index contributed by atoms with van der Waals surface area (Å²) in [6.45, 7) is 0.0118. The van der Waals surface area contributed by atoms with E-state index in [1.807, 2.05) is 0 Å². The molecule has 1 aromatic heterocycles. The summed E-state index contributed by atoms with van der Waals surface area (Å²) < 4.78 is 57.9. The van der Waals surface area contributed by atoms with E-state index in [-0.39, 0.29) is 17.9 Å². The number of fused-ring (bicyclic) bond motifs is 1. The molecular weight excluding hydrogens is 298 g/mol. The fraction of sp³-hybridized carbons (Fsp3) is 0.125. The zero-order chi connectivity index (χ0) is 15.9. The second-order valence-electron chi connectivity index (χ2n) is 4.86. The Morgan fingerprint density at radius 1 is 0.955 bits per heavy atom. The molecule has 0 aliphatic carbocycles. The lowest BCUT2D eigenvalue weighted by molar-refractivity contribution is -0.136. The molecule has 1 heterocycles. The summed E-state index contributed by atoms with van der Waals surface area (Å²) in [7, 11) is 0. The summed E-state index contributed by atoms with van der Waals surface area (Å²) in [4.78, 5) is 0. The van der Waals surface area contributed by atoms with Gasteiger partial charge in [-0.1, -0.05) is 12.1 Å². The molecule has 0 atom stereocenters. The fourth-order valence-corrected chi connectivity index (χ4v) is 2.33. The van der Waals surface area contributed by atoms with Gasteiger partial charge in [0.15, 0.2) is 0 Å². The maximum absolute atomic E-state index is 13.2. The van der Waals surface area contributed by atoms with E-state index >= 15 is 0 Å². The van der Waals surface area contributed by atoms with Crippen LogP contribution in [0.25, 0.3) is 22.1 Å². The van der Waals surface area contributed by atoms with Crippen LogP contribution in [0, 0.1) is 5.82 Å². The third-order valence-electron chi connectivity index (χ3n) is 3.35. The first-order valence-electron chi connectivity index (χ1n) is 6.48. The molecule has 2 aromatic carbocycles. The minimum atomic E-state index is -4.56. The zero-order valence-corrected chi connectivity index (χ0v) is 11.2. The van der Waals surface area contributed by atoms with Crippen molar-refractivity contribution < 1.29 is 22.0 Å². The average molecular weight is 309 g/mol. The number of furan rings is 1. The van der Waals surface area contributed by atoms with Crippen LogP contribution in [0.5, 0.6) is 0 Å². The van der Waals surface area contributed by atoms with Gasteiger partial charge in [-0.15, -0.1) is 0 Å². The van der Waals surface area contributed by atoms with Gasteiger partial charge in [0.05, 0.1) is 12.1 Å². The summed E-state index contributed by atoms with van der Waals surface area (Å²) in [6, 6.07) is 9.32. The molecule has 2 N–H and O–H groups in total. The van der Waals surface area contributed by atoms with E-state index in [4.69, 9.17) is 10.2 Å². The maximum atomic E-state index is 13.2.